The Balaban J connectivity index is 1.77. The second kappa shape index (κ2) is 7.59. The number of aromatic nitrogens is 3. The van der Waals surface area contributed by atoms with Crippen molar-refractivity contribution in [3.8, 4) is 5.75 Å². The molecule has 0 aliphatic carbocycles. The molecule has 0 fully saturated rings. The summed E-state index contributed by atoms with van der Waals surface area (Å²) in [4.78, 5) is 39.5. The van der Waals surface area contributed by atoms with Gasteiger partial charge in [-0.3, -0.25) is 9.59 Å². The summed E-state index contributed by atoms with van der Waals surface area (Å²) >= 11 is 5.87. The van der Waals surface area contributed by atoms with Crippen LogP contribution in [0.15, 0.2) is 28.1 Å². The fraction of sp³-hybridized carbons (Fsp3) is 0.250. The van der Waals surface area contributed by atoms with Crippen LogP contribution in [-0.4, -0.2) is 56.1 Å². The molecule has 3 aromatic rings. The smallest absolute Gasteiger partial charge is 0.336 e. The van der Waals surface area contributed by atoms with Gasteiger partial charge in [-0.15, -0.1) is 0 Å². The quantitative estimate of drug-likeness (QED) is 0.525. The number of benzene rings is 1. The van der Waals surface area contributed by atoms with E-state index in [9.17, 15) is 23.9 Å². The topological polar surface area (TPSA) is 134 Å². The molecule has 0 saturated heterocycles. The summed E-state index contributed by atoms with van der Waals surface area (Å²) in [5.74, 6) is -1.51. The van der Waals surface area contributed by atoms with Gasteiger partial charge in [0.25, 0.3) is 11.5 Å². The van der Waals surface area contributed by atoms with E-state index in [0.717, 1.165) is 4.68 Å². The third-order valence-corrected chi connectivity index (χ3v) is 5.94. The molecule has 0 bridgehead atoms. The van der Waals surface area contributed by atoms with Crippen LogP contribution in [0, 0.1) is 5.82 Å². The number of nitrogens with zero attached hydrogens (tertiary/aromatic N) is 5. The Kier molecular flexibility index (Phi) is 4.81. The molecule has 3 amide bonds. The van der Waals surface area contributed by atoms with Crippen LogP contribution in [0.25, 0.3) is 10.9 Å². The molecule has 2 aromatic heterocycles. The maximum atomic E-state index is 13.6. The van der Waals surface area contributed by atoms with Gasteiger partial charge in [0.2, 0.25) is 0 Å². The molecular weight excluding hydrogens is 457 g/mol. The first-order valence-corrected chi connectivity index (χ1v) is 10.3. The van der Waals surface area contributed by atoms with Crippen LogP contribution in [0.4, 0.5) is 9.18 Å². The zero-order chi connectivity index (χ0) is 23.4. The maximum absolute atomic E-state index is 13.6. The van der Waals surface area contributed by atoms with Crippen molar-refractivity contribution in [1.29, 1.82) is 0 Å². The first kappa shape index (κ1) is 20.9. The molecule has 170 valence electrons. The molecule has 5 rings (SSSR count). The number of hydrogen-bond acceptors (Lipinski definition) is 6. The molecule has 4 heterocycles. The van der Waals surface area contributed by atoms with Gasteiger partial charge >= 0.3 is 6.03 Å². The predicted octanol–water partition coefficient (Wildman–Crippen LogP) is 1.17. The van der Waals surface area contributed by atoms with Crippen LogP contribution >= 0.6 is 11.6 Å². The van der Waals surface area contributed by atoms with Crippen molar-refractivity contribution in [3.05, 3.63) is 56.3 Å². The van der Waals surface area contributed by atoms with Crippen molar-refractivity contribution in [1.82, 2.24) is 30.0 Å². The van der Waals surface area contributed by atoms with Gasteiger partial charge in [-0.1, -0.05) is 17.7 Å². The number of rotatable bonds is 3. The van der Waals surface area contributed by atoms with E-state index in [4.69, 9.17) is 11.6 Å². The average molecular weight is 474 g/mol. The van der Waals surface area contributed by atoms with Gasteiger partial charge in [-0.25, -0.2) is 19.3 Å². The molecule has 1 atom stereocenters. The summed E-state index contributed by atoms with van der Waals surface area (Å²) in [5, 5.41) is 21.6. The normalized spacial score (nSPS) is 17.8. The maximum Gasteiger partial charge on any atom is 0.336 e. The van der Waals surface area contributed by atoms with Gasteiger partial charge in [-0.05, 0) is 17.7 Å². The molecular formula is C20H17ClFN7O4. The zero-order valence-corrected chi connectivity index (χ0v) is 17.9. The van der Waals surface area contributed by atoms with Crippen LogP contribution in [-0.2, 0) is 13.1 Å². The highest BCUT2D eigenvalue weighted by Gasteiger charge is 2.34. The second-order valence-corrected chi connectivity index (χ2v) is 8.14. The molecule has 0 saturated carbocycles. The van der Waals surface area contributed by atoms with Crippen molar-refractivity contribution in [2.24, 2.45) is 5.10 Å². The number of urea groups is 1. The van der Waals surface area contributed by atoms with Crippen molar-refractivity contribution in [2.75, 3.05) is 13.6 Å². The molecule has 2 aliphatic rings. The van der Waals surface area contributed by atoms with Crippen molar-refractivity contribution in [3.63, 3.8) is 0 Å². The largest absolute Gasteiger partial charge is 0.505 e. The minimum absolute atomic E-state index is 0.0290. The number of likely N-dealkylation sites (N-methyl/N-ethyl adjacent to an activating group) is 1. The molecule has 0 spiro atoms. The molecule has 1 aromatic carbocycles. The molecule has 0 radical (unpaired) electrons. The highest BCUT2D eigenvalue weighted by atomic mass is 35.5. The fourth-order valence-electron chi connectivity index (χ4n) is 4.05. The van der Waals surface area contributed by atoms with Crippen molar-refractivity contribution >= 4 is 40.7 Å². The van der Waals surface area contributed by atoms with Gasteiger partial charge in [0, 0.05) is 20.1 Å². The number of hydrazone groups is 1. The number of carbonyl (C=O) groups is 2. The summed E-state index contributed by atoms with van der Waals surface area (Å²) in [6.07, 6.45) is 1.39. The molecule has 1 unspecified atom stereocenters. The predicted molar refractivity (Wildman–Crippen MR) is 116 cm³/mol. The van der Waals surface area contributed by atoms with E-state index >= 15 is 0 Å². The Hall–Kier alpha value is -3.93. The number of halogens is 2. The molecule has 13 heteroatoms. The molecule has 33 heavy (non-hydrogen) atoms. The Bertz CT molecular complexity index is 1430. The van der Waals surface area contributed by atoms with E-state index in [1.165, 1.54) is 33.9 Å². The summed E-state index contributed by atoms with van der Waals surface area (Å²) in [5.41, 5.74) is 2.51. The lowest BCUT2D eigenvalue weighted by atomic mass is 10.1. The Labute approximate surface area is 190 Å². The summed E-state index contributed by atoms with van der Waals surface area (Å²) in [6.45, 7) is 0.584. The van der Waals surface area contributed by atoms with Crippen LogP contribution in [0.1, 0.15) is 27.8 Å². The first-order chi connectivity index (χ1) is 15.8. The van der Waals surface area contributed by atoms with Gasteiger partial charge < -0.3 is 19.9 Å². The van der Waals surface area contributed by atoms with E-state index in [0.29, 0.717) is 18.7 Å². The lowest BCUT2D eigenvalue weighted by molar-refractivity contribution is 0.0747. The van der Waals surface area contributed by atoms with Crippen LogP contribution in [0.2, 0.25) is 5.02 Å². The summed E-state index contributed by atoms with van der Waals surface area (Å²) < 4.78 is 16.2. The number of nitrogens with one attached hydrogen (secondary N) is 2. The van der Waals surface area contributed by atoms with E-state index in [2.05, 4.69) is 20.9 Å². The number of aromatic hydroxyl groups is 1. The minimum Gasteiger partial charge on any atom is -0.505 e. The van der Waals surface area contributed by atoms with Gasteiger partial charge in [0.05, 0.1) is 23.3 Å². The number of fused-ring (bicyclic) bond motifs is 3. The minimum atomic E-state index is -0.835. The van der Waals surface area contributed by atoms with Gasteiger partial charge in [0.15, 0.2) is 11.4 Å². The van der Waals surface area contributed by atoms with Crippen LogP contribution in [0.3, 0.4) is 0 Å². The van der Waals surface area contributed by atoms with Crippen molar-refractivity contribution in [2.45, 2.75) is 19.1 Å². The lowest BCUT2D eigenvalue weighted by Crippen LogP contribution is -2.42. The zero-order valence-electron chi connectivity index (χ0n) is 17.2. The number of amides is 3. The highest BCUT2D eigenvalue weighted by Crippen LogP contribution is 2.35. The summed E-state index contributed by atoms with van der Waals surface area (Å²) in [6, 6.07) is 2.58. The summed E-state index contributed by atoms with van der Waals surface area (Å²) in [7, 11) is 1.60. The van der Waals surface area contributed by atoms with E-state index in [1.54, 1.807) is 7.05 Å². The lowest BCUT2D eigenvalue weighted by Gasteiger charge is -2.26. The van der Waals surface area contributed by atoms with Gasteiger partial charge in [0.1, 0.15) is 22.9 Å². The molecule has 3 N–H and O–H groups in total. The van der Waals surface area contributed by atoms with E-state index < -0.39 is 35.1 Å². The highest BCUT2D eigenvalue weighted by molar-refractivity contribution is 6.30. The van der Waals surface area contributed by atoms with E-state index in [-0.39, 0.29) is 33.9 Å². The van der Waals surface area contributed by atoms with Gasteiger partial charge in [-0.2, -0.15) is 10.2 Å². The molecule has 2 aliphatic heterocycles. The number of hydrogen-bond donors (Lipinski definition) is 3. The Morgan fingerprint density at radius 2 is 2.06 bits per heavy atom. The van der Waals surface area contributed by atoms with E-state index in [1.807, 2.05) is 0 Å². The molecule has 11 nitrogen and oxygen atoms in total. The first-order valence-electron chi connectivity index (χ1n) is 9.91. The fourth-order valence-corrected chi connectivity index (χ4v) is 4.25. The average Bonchev–Trinajstić information content (AvgIpc) is 3.08. The Morgan fingerprint density at radius 1 is 1.27 bits per heavy atom. The standard InChI is InChI=1S/C20H17ClFN7O4/c1-27-4-5-28-15-13(17(30)16(28)19(27)32)18(31)29(8-9-2-3-11(22)10(21)6-9)26-14(15)12-7-23-25-20(33)24-12/h2-3,6-7,12,30H,4-5,8H2,1H3,(H2,24,25,33). The van der Waals surface area contributed by atoms with Crippen LogP contribution in [0.5, 0.6) is 5.75 Å². The van der Waals surface area contributed by atoms with Crippen LogP contribution < -0.4 is 16.3 Å². The Morgan fingerprint density at radius 3 is 2.79 bits per heavy atom. The number of carbonyl (C=O) groups excluding carboxylic acids is 2. The SMILES string of the molecule is CN1CCn2c(c(O)c3c(=O)n(Cc4ccc(F)c(Cl)c4)nc(C4C=NNC(=O)N4)c32)C1=O. The second-order valence-electron chi connectivity index (χ2n) is 7.74. The third kappa shape index (κ3) is 3.30. The monoisotopic (exact) mass is 473 g/mol. The third-order valence-electron chi connectivity index (χ3n) is 5.65. The van der Waals surface area contributed by atoms with Crippen molar-refractivity contribution < 1.29 is 19.1 Å².